The van der Waals surface area contributed by atoms with Crippen LogP contribution < -0.4 is 10.1 Å². The highest BCUT2D eigenvalue weighted by atomic mass is 79.9. The van der Waals surface area contributed by atoms with E-state index in [-0.39, 0.29) is 6.04 Å². The van der Waals surface area contributed by atoms with Crippen LogP contribution in [0.15, 0.2) is 22.7 Å². The highest BCUT2D eigenvalue weighted by Crippen LogP contribution is 2.27. The molecule has 1 aromatic carbocycles. The largest absolute Gasteiger partial charge is 0.496 e. The number of methoxy groups -OCH3 is 1. The van der Waals surface area contributed by atoms with E-state index in [1.165, 1.54) is 0 Å². The first-order valence-corrected chi connectivity index (χ1v) is 6.70. The molecule has 0 radical (unpaired) electrons. The van der Waals surface area contributed by atoms with Crippen molar-refractivity contribution in [1.82, 2.24) is 5.32 Å². The molecule has 2 unspecified atom stereocenters. The van der Waals surface area contributed by atoms with E-state index >= 15 is 0 Å². The van der Waals surface area contributed by atoms with Crippen molar-refractivity contribution < 1.29 is 9.13 Å². The monoisotopic (exact) mass is 301 g/mol. The lowest BCUT2D eigenvalue weighted by molar-refractivity contribution is 0.263. The minimum atomic E-state index is -0.808. The molecule has 17 heavy (non-hydrogen) atoms. The molecule has 1 aliphatic heterocycles. The quantitative estimate of drug-likeness (QED) is 0.923. The van der Waals surface area contributed by atoms with Gasteiger partial charge in [0.25, 0.3) is 0 Å². The zero-order valence-electron chi connectivity index (χ0n) is 9.88. The molecule has 0 bridgehead atoms. The molecule has 1 N–H and O–H groups in total. The molecule has 1 fully saturated rings. The van der Waals surface area contributed by atoms with Crippen LogP contribution in [-0.2, 0) is 6.42 Å². The zero-order valence-corrected chi connectivity index (χ0v) is 11.5. The van der Waals surface area contributed by atoms with E-state index in [1.54, 1.807) is 7.11 Å². The fraction of sp³-hybridized carbons (Fsp3) is 0.538. The van der Waals surface area contributed by atoms with Gasteiger partial charge in [-0.1, -0.05) is 6.07 Å². The SMILES string of the molecule is COc1ccc(CC(F)C2CCCN2)cc1Br. The van der Waals surface area contributed by atoms with Crippen LogP contribution in [0, 0.1) is 0 Å². The van der Waals surface area contributed by atoms with Gasteiger partial charge in [-0.3, -0.25) is 0 Å². The average molecular weight is 302 g/mol. The van der Waals surface area contributed by atoms with Gasteiger partial charge in [-0.25, -0.2) is 4.39 Å². The Bertz CT molecular complexity index is 380. The first kappa shape index (κ1) is 12.8. The second-order valence-electron chi connectivity index (χ2n) is 4.39. The molecule has 1 heterocycles. The number of nitrogens with one attached hydrogen (secondary N) is 1. The minimum Gasteiger partial charge on any atom is -0.496 e. The third kappa shape index (κ3) is 3.19. The van der Waals surface area contributed by atoms with Gasteiger partial charge in [0.15, 0.2) is 0 Å². The number of hydrogen-bond acceptors (Lipinski definition) is 2. The third-order valence-corrected chi connectivity index (χ3v) is 3.80. The summed E-state index contributed by atoms with van der Waals surface area (Å²) in [6.07, 6.45) is 1.67. The first-order valence-electron chi connectivity index (χ1n) is 5.90. The predicted molar refractivity (Wildman–Crippen MR) is 70.3 cm³/mol. The van der Waals surface area contributed by atoms with E-state index in [0.717, 1.165) is 35.2 Å². The number of alkyl halides is 1. The summed E-state index contributed by atoms with van der Waals surface area (Å²) in [4.78, 5) is 0. The summed E-state index contributed by atoms with van der Waals surface area (Å²) in [6, 6.07) is 5.75. The Kier molecular flexibility index (Phi) is 4.40. The van der Waals surface area contributed by atoms with Crippen molar-refractivity contribution in [3.8, 4) is 5.75 Å². The molecule has 0 saturated carbocycles. The normalized spacial score (nSPS) is 21.5. The van der Waals surface area contributed by atoms with Crippen molar-refractivity contribution >= 4 is 15.9 Å². The Morgan fingerprint density at radius 1 is 1.59 bits per heavy atom. The first-order chi connectivity index (χ1) is 8.20. The van der Waals surface area contributed by atoms with Crippen molar-refractivity contribution in [2.24, 2.45) is 0 Å². The number of benzene rings is 1. The van der Waals surface area contributed by atoms with E-state index in [0.29, 0.717) is 6.42 Å². The van der Waals surface area contributed by atoms with E-state index in [4.69, 9.17) is 4.74 Å². The fourth-order valence-corrected chi connectivity index (χ4v) is 2.81. The lowest BCUT2D eigenvalue weighted by Gasteiger charge is -2.16. The van der Waals surface area contributed by atoms with E-state index < -0.39 is 6.17 Å². The average Bonchev–Trinajstić information content (AvgIpc) is 2.82. The Morgan fingerprint density at radius 3 is 3.00 bits per heavy atom. The van der Waals surface area contributed by atoms with Gasteiger partial charge in [-0.15, -0.1) is 0 Å². The molecule has 0 spiro atoms. The van der Waals surface area contributed by atoms with Crippen molar-refractivity contribution in [3.63, 3.8) is 0 Å². The van der Waals surface area contributed by atoms with Crippen molar-refractivity contribution in [1.29, 1.82) is 0 Å². The van der Waals surface area contributed by atoms with Crippen LogP contribution in [0.25, 0.3) is 0 Å². The Morgan fingerprint density at radius 2 is 2.41 bits per heavy atom. The van der Waals surface area contributed by atoms with E-state index in [1.807, 2.05) is 18.2 Å². The summed E-state index contributed by atoms with van der Waals surface area (Å²) in [5, 5.41) is 3.20. The number of halogens is 2. The molecule has 2 atom stereocenters. The van der Waals surface area contributed by atoms with Crippen LogP contribution in [0.2, 0.25) is 0 Å². The summed E-state index contributed by atoms with van der Waals surface area (Å²) >= 11 is 3.42. The molecule has 2 rings (SSSR count). The zero-order chi connectivity index (χ0) is 12.3. The van der Waals surface area contributed by atoms with Crippen molar-refractivity contribution in [3.05, 3.63) is 28.2 Å². The number of hydrogen-bond donors (Lipinski definition) is 1. The molecule has 0 aromatic heterocycles. The second kappa shape index (κ2) is 5.83. The van der Waals surface area contributed by atoms with Crippen LogP contribution in [-0.4, -0.2) is 25.9 Å². The maximum Gasteiger partial charge on any atom is 0.133 e. The molecule has 0 amide bonds. The van der Waals surface area contributed by atoms with Crippen LogP contribution in [0.4, 0.5) is 4.39 Å². The Balaban J connectivity index is 2.00. The molecule has 2 nitrogen and oxygen atoms in total. The van der Waals surface area contributed by atoms with Gasteiger partial charge in [0.05, 0.1) is 11.6 Å². The van der Waals surface area contributed by atoms with Gasteiger partial charge in [-0.05, 0) is 53.0 Å². The van der Waals surface area contributed by atoms with E-state index in [9.17, 15) is 4.39 Å². The molecule has 4 heteroatoms. The third-order valence-electron chi connectivity index (χ3n) is 3.18. The topological polar surface area (TPSA) is 21.3 Å². The van der Waals surface area contributed by atoms with Gasteiger partial charge >= 0.3 is 0 Å². The van der Waals surface area contributed by atoms with E-state index in [2.05, 4.69) is 21.2 Å². The fourth-order valence-electron chi connectivity index (χ4n) is 2.22. The summed E-state index contributed by atoms with van der Waals surface area (Å²) in [5.74, 6) is 0.781. The van der Waals surface area contributed by atoms with Crippen LogP contribution >= 0.6 is 15.9 Å². The van der Waals surface area contributed by atoms with Gasteiger partial charge < -0.3 is 10.1 Å². The number of rotatable bonds is 4. The highest BCUT2D eigenvalue weighted by Gasteiger charge is 2.24. The predicted octanol–water partition coefficient (Wildman–Crippen LogP) is 3.09. The maximum absolute atomic E-state index is 14.0. The van der Waals surface area contributed by atoms with Crippen LogP contribution in [0.5, 0.6) is 5.75 Å². The van der Waals surface area contributed by atoms with Crippen molar-refractivity contribution in [2.45, 2.75) is 31.5 Å². The van der Waals surface area contributed by atoms with Crippen LogP contribution in [0.1, 0.15) is 18.4 Å². The molecule has 0 aliphatic carbocycles. The Labute approximate surface area is 110 Å². The summed E-state index contributed by atoms with van der Waals surface area (Å²) in [6.45, 7) is 0.942. The molecular weight excluding hydrogens is 285 g/mol. The van der Waals surface area contributed by atoms with Gasteiger partial charge in [0.2, 0.25) is 0 Å². The lowest BCUT2D eigenvalue weighted by atomic mass is 10.0. The Hall–Kier alpha value is -0.610. The van der Waals surface area contributed by atoms with Gasteiger partial charge in [0, 0.05) is 12.5 Å². The highest BCUT2D eigenvalue weighted by molar-refractivity contribution is 9.10. The molecule has 1 aliphatic rings. The maximum atomic E-state index is 14.0. The smallest absolute Gasteiger partial charge is 0.133 e. The van der Waals surface area contributed by atoms with Crippen molar-refractivity contribution in [2.75, 3.05) is 13.7 Å². The van der Waals surface area contributed by atoms with Crippen LogP contribution in [0.3, 0.4) is 0 Å². The van der Waals surface area contributed by atoms with Gasteiger partial charge in [-0.2, -0.15) is 0 Å². The lowest BCUT2D eigenvalue weighted by Crippen LogP contribution is -2.33. The molecule has 1 aromatic rings. The summed E-state index contributed by atoms with van der Waals surface area (Å²) in [7, 11) is 1.63. The van der Waals surface area contributed by atoms with Gasteiger partial charge in [0.1, 0.15) is 11.9 Å². The number of ether oxygens (including phenoxy) is 1. The summed E-state index contributed by atoms with van der Waals surface area (Å²) in [5.41, 5.74) is 0.999. The minimum absolute atomic E-state index is 0.0240. The molecule has 1 saturated heterocycles. The molecular formula is C13H17BrFNO. The molecule has 94 valence electrons. The standard InChI is InChI=1S/C13H17BrFNO/c1-17-13-5-4-9(7-10(13)14)8-11(15)12-3-2-6-16-12/h4-5,7,11-12,16H,2-3,6,8H2,1H3. The summed E-state index contributed by atoms with van der Waals surface area (Å²) < 4.78 is 20.0. The second-order valence-corrected chi connectivity index (χ2v) is 5.25.